The fourth-order valence-corrected chi connectivity index (χ4v) is 2.23. The fourth-order valence-electron chi connectivity index (χ4n) is 2.23. The van der Waals surface area contributed by atoms with E-state index in [1.165, 1.54) is 0 Å². The number of H-pyrrole nitrogens is 1. The Morgan fingerprint density at radius 1 is 1.14 bits per heavy atom. The van der Waals surface area contributed by atoms with E-state index >= 15 is 0 Å². The van der Waals surface area contributed by atoms with Gasteiger partial charge in [0.25, 0.3) is 5.91 Å². The Labute approximate surface area is 123 Å². The first kappa shape index (κ1) is 13.4. The van der Waals surface area contributed by atoms with Crippen molar-refractivity contribution < 1.29 is 4.79 Å². The fraction of sp³-hybridized carbons (Fsp3) is 0.176. The van der Waals surface area contributed by atoms with Gasteiger partial charge in [0.15, 0.2) is 0 Å². The number of aromatic amines is 1. The van der Waals surface area contributed by atoms with Crippen LogP contribution < -0.4 is 5.32 Å². The van der Waals surface area contributed by atoms with E-state index in [9.17, 15) is 4.79 Å². The lowest BCUT2D eigenvalue weighted by Crippen LogP contribution is -2.27. The zero-order chi connectivity index (χ0) is 14.8. The number of fused-ring (bicyclic) bond motifs is 1. The molecule has 4 heteroatoms. The lowest BCUT2D eigenvalue weighted by Gasteiger charge is -2.11. The van der Waals surface area contributed by atoms with Crippen LogP contribution in [0.3, 0.4) is 0 Å². The standard InChI is InChI=1S/C17H17N3O/c1-11-7-9-13(10-8-11)17(21)18-12(2)16-19-14-5-3-4-6-15(14)20-16/h3-10,12H,1-2H3,(H,18,21)(H,19,20)/t12-/m1/s1. The third-order valence-electron chi connectivity index (χ3n) is 3.48. The van der Waals surface area contributed by atoms with Gasteiger partial charge in [-0.1, -0.05) is 29.8 Å². The number of amides is 1. The summed E-state index contributed by atoms with van der Waals surface area (Å²) in [6.07, 6.45) is 0. The van der Waals surface area contributed by atoms with Gasteiger partial charge in [0.05, 0.1) is 17.1 Å². The summed E-state index contributed by atoms with van der Waals surface area (Å²) in [6, 6.07) is 15.2. The van der Waals surface area contributed by atoms with E-state index in [0.717, 1.165) is 22.4 Å². The molecule has 0 radical (unpaired) electrons. The van der Waals surface area contributed by atoms with E-state index < -0.39 is 0 Å². The van der Waals surface area contributed by atoms with Crippen LogP contribution >= 0.6 is 0 Å². The van der Waals surface area contributed by atoms with Crippen molar-refractivity contribution in [2.75, 3.05) is 0 Å². The van der Waals surface area contributed by atoms with Crippen molar-refractivity contribution in [3.63, 3.8) is 0 Å². The molecule has 4 nitrogen and oxygen atoms in total. The topological polar surface area (TPSA) is 57.8 Å². The lowest BCUT2D eigenvalue weighted by atomic mass is 10.1. The van der Waals surface area contributed by atoms with Crippen molar-refractivity contribution in [1.82, 2.24) is 15.3 Å². The van der Waals surface area contributed by atoms with Gasteiger partial charge >= 0.3 is 0 Å². The molecule has 21 heavy (non-hydrogen) atoms. The van der Waals surface area contributed by atoms with E-state index in [-0.39, 0.29) is 11.9 Å². The normalized spacial score (nSPS) is 12.3. The van der Waals surface area contributed by atoms with Gasteiger partial charge < -0.3 is 10.3 Å². The summed E-state index contributed by atoms with van der Waals surface area (Å²) >= 11 is 0. The lowest BCUT2D eigenvalue weighted by molar-refractivity contribution is 0.0938. The number of aryl methyl sites for hydroxylation is 1. The molecule has 2 N–H and O–H groups in total. The third kappa shape index (κ3) is 2.79. The molecule has 0 aliphatic rings. The number of aromatic nitrogens is 2. The largest absolute Gasteiger partial charge is 0.342 e. The molecule has 0 aliphatic carbocycles. The number of rotatable bonds is 3. The maximum Gasteiger partial charge on any atom is 0.251 e. The first-order valence-corrected chi connectivity index (χ1v) is 6.95. The van der Waals surface area contributed by atoms with Crippen LogP contribution in [0.4, 0.5) is 0 Å². The van der Waals surface area contributed by atoms with E-state index in [1.807, 2.05) is 62.4 Å². The molecule has 0 saturated carbocycles. The van der Waals surface area contributed by atoms with Crippen LogP contribution in [-0.2, 0) is 0 Å². The summed E-state index contributed by atoms with van der Waals surface area (Å²) < 4.78 is 0. The zero-order valence-corrected chi connectivity index (χ0v) is 12.1. The molecule has 0 spiro atoms. The molecule has 1 heterocycles. The minimum absolute atomic E-state index is 0.0945. The number of carbonyl (C=O) groups excluding carboxylic acids is 1. The number of hydrogen-bond acceptors (Lipinski definition) is 2. The Balaban J connectivity index is 1.77. The van der Waals surface area contributed by atoms with E-state index in [4.69, 9.17) is 0 Å². The Morgan fingerprint density at radius 2 is 1.86 bits per heavy atom. The third-order valence-corrected chi connectivity index (χ3v) is 3.48. The summed E-state index contributed by atoms with van der Waals surface area (Å²) in [5, 5.41) is 2.96. The number of nitrogens with one attached hydrogen (secondary N) is 2. The van der Waals surface area contributed by atoms with Crippen LogP contribution in [0.1, 0.15) is 34.7 Å². The Kier molecular flexibility index (Phi) is 3.44. The van der Waals surface area contributed by atoms with Crippen molar-refractivity contribution in [3.8, 4) is 0 Å². The van der Waals surface area contributed by atoms with Gasteiger partial charge in [0, 0.05) is 5.56 Å². The van der Waals surface area contributed by atoms with Crippen molar-refractivity contribution >= 4 is 16.9 Å². The van der Waals surface area contributed by atoms with Gasteiger partial charge in [-0.15, -0.1) is 0 Å². The molecular formula is C17H17N3O. The summed E-state index contributed by atoms with van der Waals surface area (Å²) in [7, 11) is 0. The second-order valence-electron chi connectivity index (χ2n) is 5.20. The molecule has 0 saturated heterocycles. The number of carbonyl (C=O) groups is 1. The van der Waals surface area contributed by atoms with Crippen LogP contribution in [-0.4, -0.2) is 15.9 Å². The van der Waals surface area contributed by atoms with Crippen LogP contribution in [0.2, 0.25) is 0 Å². The van der Waals surface area contributed by atoms with Gasteiger partial charge in [-0.05, 0) is 38.1 Å². The smallest absolute Gasteiger partial charge is 0.251 e. The summed E-state index contributed by atoms with van der Waals surface area (Å²) in [4.78, 5) is 19.9. The highest BCUT2D eigenvalue weighted by atomic mass is 16.1. The molecule has 0 unspecified atom stereocenters. The van der Waals surface area contributed by atoms with Crippen LogP contribution in [0, 0.1) is 6.92 Å². The van der Waals surface area contributed by atoms with Crippen molar-refractivity contribution in [2.45, 2.75) is 19.9 Å². The van der Waals surface area contributed by atoms with E-state index in [1.54, 1.807) is 0 Å². The Bertz CT molecular complexity index is 741. The molecule has 106 valence electrons. The number of hydrogen-bond donors (Lipinski definition) is 2. The Hall–Kier alpha value is -2.62. The first-order chi connectivity index (χ1) is 10.1. The van der Waals surface area contributed by atoms with E-state index in [0.29, 0.717) is 5.56 Å². The van der Waals surface area contributed by atoms with Gasteiger partial charge in [-0.3, -0.25) is 4.79 Å². The molecule has 1 aromatic heterocycles. The highest BCUT2D eigenvalue weighted by molar-refractivity contribution is 5.94. The summed E-state index contributed by atoms with van der Waals surface area (Å²) in [6.45, 7) is 3.92. The predicted octanol–water partition coefficient (Wildman–Crippen LogP) is 3.36. The second-order valence-corrected chi connectivity index (χ2v) is 5.20. The van der Waals surface area contributed by atoms with Crippen LogP contribution in [0.15, 0.2) is 48.5 Å². The van der Waals surface area contributed by atoms with Crippen LogP contribution in [0.5, 0.6) is 0 Å². The molecule has 3 aromatic rings. The quantitative estimate of drug-likeness (QED) is 0.772. The second kappa shape index (κ2) is 5.40. The molecule has 0 fully saturated rings. The van der Waals surface area contributed by atoms with Crippen molar-refractivity contribution in [1.29, 1.82) is 0 Å². The van der Waals surface area contributed by atoms with Crippen LogP contribution in [0.25, 0.3) is 11.0 Å². The molecule has 1 amide bonds. The van der Waals surface area contributed by atoms with Crippen molar-refractivity contribution in [2.24, 2.45) is 0 Å². The summed E-state index contributed by atoms with van der Waals surface area (Å²) in [5.74, 6) is 0.666. The monoisotopic (exact) mass is 279 g/mol. The molecule has 0 bridgehead atoms. The molecule has 2 aromatic carbocycles. The maximum absolute atomic E-state index is 12.2. The molecule has 1 atom stereocenters. The highest BCUT2D eigenvalue weighted by Gasteiger charge is 2.14. The number of benzene rings is 2. The van der Waals surface area contributed by atoms with Gasteiger partial charge in [0.2, 0.25) is 0 Å². The van der Waals surface area contributed by atoms with Gasteiger partial charge in [0.1, 0.15) is 5.82 Å². The average Bonchev–Trinajstić information content (AvgIpc) is 2.92. The number of imidazole rings is 1. The predicted molar refractivity (Wildman–Crippen MR) is 83.2 cm³/mol. The van der Waals surface area contributed by atoms with Crippen molar-refractivity contribution in [3.05, 3.63) is 65.5 Å². The maximum atomic E-state index is 12.2. The summed E-state index contributed by atoms with van der Waals surface area (Å²) in [5.41, 5.74) is 3.67. The highest BCUT2D eigenvalue weighted by Crippen LogP contribution is 2.16. The molecule has 0 aliphatic heterocycles. The Morgan fingerprint density at radius 3 is 2.57 bits per heavy atom. The zero-order valence-electron chi connectivity index (χ0n) is 12.1. The number of para-hydroxylation sites is 2. The van der Waals surface area contributed by atoms with Gasteiger partial charge in [-0.2, -0.15) is 0 Å². The number of nitrogens with zero attached hydrogens (tertiary/aromatic N) is 1. The minimum atomic E-state index is -0.175. The van der Waals surface area contributed by atoms with Gasteiger partial charge in [-0.25, -0.2) is 4.98 Å². The molecular weight excluding hydrogens is 262 g/mol. The minimum Gasteiger partial charge on any atom is -0.342 e. The van der Waals surface area contributed by atoms with E-state index in [2.05, 4.69) is 15.3 Å². The molecule has 3 rings (SSSR count). The SMILES string of the molecule is Cc1ccc(C(=O)N[C@H](C)c2nc3ccccc3[nH]2)cc1. The first-order valence-electron chi connectivity index (χ1n) is 6.95. The average molecular weight is 279 g/mol.